The highest BCUT2D eigenvalue weighted by molar-refractivity contribution is 9.10. The van der Waals surface area contributed by atoms with Crippen LogP contribution in [0, 0.1) is 0 Å². The summed E-state index contributed by atoms with van der Waals surface area (Å²) in [6.07, 6.45) is 4.05. The summed E-state index contributed by atoms with van der Waals surface area (Å²) in [5.74, 6) is 0.942. The molecular formula is C23H28BrN7O. The van der Waals surface area contributed by atoms with Crippen molar-refractivity contribution >= 4 is 44.4 Å². The summed E-state index contributed by atoms with van der Waals surface area (Å²) in [6.45, 7) is 4.21. The van der Waals surface area contributed by atoms with Gasteiger partial charge in [-0.15, -0.1) is 0 Å². The number of pyridine rings is 1. The van der Waals surface area contributed by atoms with Crippen molar-refractivity contribution < 1.29 is 4.79 Å². The van der Waals surface area contributed by atoms with Crippen LogP contribution in [-0.2, 0) is 4.79 Å². The summed E-state index contributed by atoms with van der Waals surface area (Å²) in [7, 11) is 4.02. The second-order valence-electron chi connectivity index (χ2n) is 8.77. The van der Waals surface area contributed by atoms with Gasteiger partial charge in [0.05, 0.1) is 16.7 Å². The SMILES string of the molecule is CN1CCC(Nc2c(Br)cnc3[nH]c(-c4ccc(N5CCN(C)C(=O)C5)cc4)nc23)CC1. The van der Waals surface area contributed by atoms with Crippen LogP contribution < -0.4 is 10.2 Å². The fraction of sp³-hybridized carbons (Fsp3) is 0.435. The Morgan fingerprint density at radius 1 is 1.09 bits per heavy atom. The van der Waals surface area contributed by atoms with E-state index in [0.717, 1.165) is 77.4 Å². The molecule has 0 aliphatic carbocycles. The van der Waals surface area contributed by atoms with E-state index >= 15 is 0 Å². The standard InChI is InChI=1S/C23H28BrN7O/c1-29-9-7-16(8-10-29)26-20-18(24)13-25-23-21(20)27-22(28-23)15-3-5-17(6-4-15)31-12-11-30(2)19(32)14-31/h3-6,13,16H,7-12,14H2,1-2H3,(H2,25,26,27,28). The van der Waals surface area contributed by atoms with Gasteiger partial charge in [0, 0.05) is 43.6 Å². The Bertz CT molecular complexity index is 1120. The number of nitrogens with one attached hydrogen (secondary N) is 2. The van der Waals surface area contributed by atoms with Gasteiger partial charge in [-0.05, 0) is 73.2 Å². The van der Waals surface area contributed by atoms with Crippen molar-refractivity contribution in [3.05, 3.63) is 34.9 Å². The predicted octanol–water partition coefficient (Wildman–Crippen LogP) is 3.17. The number of nitrogens with zero attached hydrogens (tertiary/aromatic N) is 5. The number of rotatable bonds is 4. The minimum atomic E-state index is 0.152. The molecule has 1 amide bonds. The molecular weight excluding hydrogens is 470 g/mol. The number of hydrogen-bond acceptors (Lipinski definition) is 6. The summed E-state index contributed by atoms with van der Waals surface area (Å²) < 4.78 is 0.928. The average Bonchev–Trinajstić information content (AvgIpc) is 3.24. The minimum absolute atomic E-state index is 0.152. The Morgan fingerprint density at radius 2 is 1.84 bits per heavy atom. The van der Waals surface area contributed by atoms with E-state index in [9.17, 15) is 4.79 Å². The first-order valence-corrected chi connectivity index (χ1v) is 11.9. The number of aromatic amines is 1. The summed E-state index contributed by atoms with van der Waals surface area (Å²) in [5.41, 5.74) is 4.67. The Labute approximate surface area is 196 Å². The minimum Gasteiger partial charge on any atom is -0.379 e. The molecule has 0 saturated carbocycles. The largest absolute Gasteiger partial charge is 0.379 e. The van der Waals surface area contributed by atoms with Crippen molar-refractivity contribution in [2.45, 2.75) is 18.9 Å². The maximum atomic E-state index is 12.0. The molecule has 5 rings (SSSR count). The number of benzene rings is 1. The third kappa shape index (κ3) is 4.19. The summed E-state index contributed by atoms with van der Waals surface area (Å²) >= 11 is 3.66. The summed E-state index contributed by atoms with van der Waals surface area (Å²) in [6, 6.07) is 8.65. The molecule has 2 aliphatic rings. The number of halogens is 1. The first kappa shape index (κ1) is 21.2. The molecule has 1 aromatic carbocycles. The van der Waals surface area contributed by atoms with E-state index in [0.29, 0.717) is 12.6 Å². The molecule has 0 bridgehead atoms. The molecule has 0 spiro atoms. The molecule has 2 aromatic heterocycles. The zero-order chi connectivity index (χ0) is 22.2. The van der Waals surface area contributed by atoms with Crippen LogP contribution in [0.5, 0.6) is 0 Å². The highest BCUT2D eigenvalue weighted by atomic mass is 79.9. The lowest BCUT2D eigenvalue weighted by atomic mass is 10.1. The number of likely N-dealkylation sites (tertiary alicyclic amines) is 1. The van der Waals surface area contributed by atoms with E-state index < -0.39 is 0 Å². The lowest BCUT2D eigenvalue weighted by molar-refractivity contribution is -0.129. The van der Waals surface area contributed by atoms with Gasteiger partial charge < -0.3 is 25.0 Å². The number of likely N-dealkylation sites (N-methyl/N-ethyl adjacent to an activating group) is 1. The number of imidazole rings is 1. The van der Waals surface area contributed by atoms with E-state index in [1.807, 2.05) is 13.2 Å². The lowest BCUT2D eigenvalue weighted by Gasteiger charge is -2.33. The van der Waals surface area contributed by atoms with Gasteiger partial charge in [-0.2, -0.15) is 0 Å². The van der Waals surface area contributed by atoms with Crippen LogP contribution in [-0.4, -0.2) is 83.5 Å². The zero-order valence-electron chi connectivity index (χ0n) is 18.4. The third-order valence-electron chi connectivity index (χ3n) is 6.50. The van der Waals surface area contributed by atoms with Gasteiger partial charge in [-0.3, -0.25) is 4.79 Å². The monoisotopic (exact) mass is 497 g/mol. The van der Waals surface area contributed by atoms with Crippen LogP contribution in [0.4, 0.5) is 11.4 Å². The molecule has 0 atom stereocenters. The van der Waals surface area contributed by atoms with Crippen LogP contribution in [0.3, 0.4) is 0 Å². The number of anilines is 2. The van der Waals surface area contributed by atoms with Crippen molar-refractivity contribution in [3.63, 3.8) is 0 Å². The van der Waals surface area contributed by atoms with Crippen molar-refractivity contribution in [1.29, 1.82) is 0 Å². The Hall–Kier alpha value is -2.65. The Kier molecular flexibility index (Phi) is 5.77. The van der Waals surface area contributed by atoms with E-state index in [1.54, 1.807) is 4.90 Å². The molecule has 9 heteroatoms. The topological polar surface area (TPSA) is 80.4 Å². The van der Waals surface area contributed by atoms with Crippen LogP contribution in [0.2, 0.25) is 0 Å². The van der Waals surface area contributed by atoms with E-state index in [-0.39, 0.29) is 5.91 Å². The molecule has 2 saturated heterocycles. The first-order chi connectivity index (χ1) is 15.5. The number of H-pyrrole nitrogens is 1. The van der Waals surface area contributed by atoms with Crippen molar-refractivity contribution in [2.75, 3.05) is 57.0 Å². The first-order valence-electron chi connectivity index (χ1n) is 11.1. The number of aromatic nitrogens is 3. The number of carbonyl (C=O) groups excluding carboxylic acids is 1. The van der Waals surface area contributed by atoms with Crippen molar-refractivity contribution in [2.24, 2.45) is 0 Å². The summed E-state index contributed by atoms with van der Waals surface area (Å²) in [5, 5.41) is 3.70. The normalized spacial score (nSPS) is 18.5. The Balaban J connectivity index is 1.38. The third-order valence-corrected chi connectivity index (χ3v) is 7.10. The van der Waals surface area contributed by atoms with Gasteiger partial charge in [0.2, 0.25) is 5.91 Å². The molecule has 2 N–H and O–H groups in total. The fourth-order valence-electron chi connectivity index (χ4n) is 4.37. The second kappa shape index (κ2) is 8.71. The maximum absolute atomic E-state index is 12.0. The Morgan fingerprint density at radius 3 is 2.56 bits per heavy atom. The predicted molar refractivity (Wildman–Crippen MR) is 131 cm³/mol. The van der Waals surface area contributed by atoms with Gasteiger partial charge in [0.15, 0.2) is 5.65 Å². The molecule has 2 aliphatic heterocycles. The highest BCUT2D eigenvalue weighted by Crippen LogP contribution is 2.32. The molecule has 8 nitrogen and oxygen atoms in total. The van der Waals surface area contributed by atoms with Crippen LogP contribution >= 0.6 is 15.9 Å². The molecule has 168 valence electrons. The van der Waals surface area contributed by atoms with Gasteiger partial charge in [-0.25, -0.2) is 9.97 Å². The van der Waals surface area contributed by atoms with Gasteiger partial charge in [-0.1, -0.05) is 0 Å². The second-order valence-corrected chi connectivity index (χ2v) is 9.62. The van der Waals surface area contributed by atoms with Crippen LogP contribution in [0.25, 0.3) is 22.6 Å². The molecule has 0 radical (unpaired) electrons. The number of amides is 1. The highest BCUT2D eigenvalue weighted by Gasteiger charge is 2.22. The molecule has 3 aromatic rings. The van der Waals surface area contributed by atoms with E-state index in [4.69, 9.17) is 4.98 Å². The molecule has 32 heavy (non-hydrogen) atoms. The number of hydrogen-bond donors (Lipinski definition) is 2. The average molecular weight is 498 g/mol. The lowest BCUT2D eigenvalue weighted by Crippen LogP contribution is -2.48. The van der Waals surface area contributed by atoms with Crippen LogP contribution in [0.1, 0.15) is 12.8 Å². The maximum Gasteiger partial charge on any atom is 0.241 e. The van der Waals surface area contributed by atoms with Gasteiger partial charge >= 0.3 is 0 Å². The zero-order valence-corrected chi connectivity index (χ0v) is 20.0. The van der Waals surface area contributed by atoms with Crippen molar-refractivity contribution in [3.8, 4) is 11.4 Å². The fourth-order valence-corrected chi connectivity index (χ4v) is 4.78. The van der Waals surface area contributed by atoms with Gasteiger partial charge in [0.25, 0.3) is 0 Å². The number of piperidine rings is 1. The molecule has 4 heterocycles. The molecule has 0 unspecified atom stereocenters. The van der Waals surface area contributed by atoms with E-state index in [2.05, 4.69) is 72.3 Å². The number of fused-ring (bicyclic) bond motifs is 1. The number of carbonyl (C=O) groups is 1. The van der Waals surface area contributed by atoms with E-state index in [1.165, 1.54) is 0 Å². The molecule has 2 fully saturated rings. The smallest absolute Gasteiger partial charge is 0.241 e. The van der Waals surface area contributed by atoms with Gasteiger partial charge in [0.1, 0.15) is 11.3 Å². The quantitative estimate of drug-likeness (QED) is 0.576. The van der Waals surface area contributed by atoms with Crippen molar-refractivity contribution in [1.82, 2.24) is 24.8 Å². The number of piperazine rings is 1. The summed E-state index contributed by atoms with van der Waals surface area (Å²) in [4.78, 5) is 31.1. The van der Waals surface area contributed by atoms with Crippen LogP contribution in [0.15, 0.2) is 34.9 Å².